The molecule has 2 heterocycles. The van der Waals surface area contributed by atoms with E-state index in [0.29, 0.717) is 6.42 Å². The van der Waals surface area contributed by atoms with Crippen molar-refractivity contribution in [3.63, 3.8) is 0 Å². The molecule has 5 nitrogen and oxygen atoms in total. The number of piperazine rings is 1. The van der Waals surface area contributed by atoms with Crippen molar-refractivity contribution in [3.05, 3.63) is 0 Å². The van der Waals surface area contributed by atoms with Gasteiger partial charge in [0.25, 0.3) is 0 Å². The second kappa shape index (κ2) is 5.69. The maximum atomic E-state index is 12.6. The molecule has 0 saturated carbocycles. The molecule has 0 bridgehead atoms. The van der Waals surface area contributed by atoms with Crippen molar-refractivity contribution in [1.82, 2.24) is 15.1 Å². The Kier molecular flexibility index (Phi) is 4.22. The molecule has 0 spiro atoms. The van der Waals surface area contributed by atoms with Gasteiger partial charge in [0.05, 0.1) is 0 Å². The third kappa shape index (κ3) is 2.66. The highest BCUT2D eigenvalue weighted by Gasteiger charge is 2.37. The van der Waals surface area contributed by atoms with Gasteiger partial charge in [-0.05, 0) is 12.3 Å². The average Bonchev–Trinajstić information content (AvgIpc) is 2.76. The molecule has 2 aliphatic heterocycles. The smallest absolute Gasteiger partial charge is 0.245 e. The Balaban J connectivity index is 2.08. The molecule has 1 atom stereocenters. The minimum absolute atomic E-state index is 0.127. The Hall–Kier alpha value is -1.10. The van der Waals surface area contributed by atoms with Crippen LogP contribution in [0.1, 0.15) is 26.7 Å². The molecule has 1 N–H and O–H groups in total. The molecule has 5 heteroatoms. The number of nitrogens with one attached hydrogen (secondary N) is 1. The number of amides is 2. The number of nitrogens with zero attached hydrogens (tertiary/aromatic N) is 2. The lowest BCUT2D eigenvalue weighted by Gasteiger charge is -2.36. The Labute approximate surface area is 108 Å². The standard InChI is InChI=1S/C13H23N3O2/c1-10(2)12(16-7-3-4-11(16)17)13(18)15-8-5-14-6-9-15/h10,12,14H,3-9H2,1-2H3. The third-order valence-corrected chi connectivity index (χ3v) is 3.76. The largest absolute Gasteiger partial charge is 0.338 e. The number of likely N-dealkylation sites (tertiary alicyclic amines) is 1. The van der Waals surface area contributed by atoms with Crippen molar-refractivity contribution in [2.45, 2.75) is 32.7 Å². The highest BCUT2D eigenvalue weighted by atomic mass is 16.2. The Morgan fingerprint density at radius 2 is 1.89 bits per heavy atom. The zero-order valence-electron chi connectivity index (χ0n) is 11.3. The Morgan fingerprint density at radius 3 is 2.39 bits per heavy atom. The van der Waals surface area contributed by atoms with Gasteiger partial charge in [-0.3, -0.25) is 9.59 Å². The lowest BCUT2D eigenvalue weighted by molar-refractivity contribution is -0.145. The van der Waals surface area contributed by atoms with Crippen LogP contribution in [0.5, 0.6) is 0 Å². The first-order chi connectivity index (χ1) is 8.61. The normalized spacial score (nSPS) is 22.7. The molecule has 2 fully saturated rings. The minimum Gasteiger partial charge on any atom is -0.338 e. The van der Waals surface area contributed by atoms with E-state index in [9.17, 15) is 9.59 Å². The molecule has 102 valence electrons. The fourth-order valence-electron chi connectivity index (χ4n) is 2.81. The molecule has 0 aromatic carbocycles. The van der Waals surface area contributed by atoms with Crippen LogP contribution in [0.15, 0.2) is 0 Å². The predicted octanol–water partition coefficient (Wildman–Crippen LogP) is 0.0652. The summed E-state index contributed by atoms with van der Waals surface area (Å²) in [6, 6.07) is -0.266. The summed E-state index contributed by atoms with van der Waals surface area (Å²) in [6.07, 6.45) is 1.48. The zero-order valence-corrected chi connectivity index (χ0v) is 11.3. The van der Waals surface area contributed by atoms with Crippen LogP contribution in [0.2, 0.25) is 0 Å². The molecule has 2 rings (SSSR count). The molecule has 2 saturated heterocycles. The van der Waals surface area contributed by atoms with Crippen molar-refractivity contribution < 1.29 is 9.59 Å². The monoisotopic (exact) mass is 253 g/mol. The third-order valence-electron chi connectivity index (χ3n) is 3.76. The first kappa shape index (κ1) is 13.3. The van der Waals surface area contributed by atoms with Crippen molar-refractivity contribution in [3.8, 4) is 0 Å². The van der Waals surface area contributed by atoms with Gasteiger partial charge in [-0.1, -0.05) is 13.8 Å². The van der Waals surface area contributed by atoms with E-state index in [0.717, 1.165) is 39.1 Å². The second-order valence-corrected chi connectivity index (χ2v) is 5.45. The van der Waals surface area contributed by atoms with Crippen LogP contribution >= 0.6 is 0 Å². The van der Waals surface area contributed by atoms with E-state index in [1.54, 1.807) is 4.90 Å². The molecule has 2 aliphatic rings. The summed E-state index contributed by atoms with van der Waals surface area (Å²) in [5.74, 6) is 0.438. The number of carbonyl (C=O) groups excluding carboxylic acids is 2. The Bertz CT molecular complexity index is 324. The van der Waals surface area contributed by atoms with E-state index in [1.807, 2.05) is 18.7 Å². The van der Waals surface area contributed by atoms with E-state index >= 15 is 0 Å². The molecule has 0 aromatic rings. The summed E-state index contributed by atoms with van der Waals surface area (Å²) in [7, 11) is 0. The zero-order chi connectivity index (χ0) is 13.1. The molecule has 0 radical (unpaired) electrons. The quantitative estimate of drug-likeness (QED) is 0.774. The second-order valence-electron chi connectivity index (χ2n) is 5.45. The first-order valence-electron chi connectivity index (χ1n) is 6.90. The molecule has 1 unspecified atom stereocenters. The number of rotatable bonds is 3. The van der Waals surface area contributed by atoms with Gasteiger partial charge in [0, 0.05) is 39.1 Å². The highest BCUT2D eigenvalue weighted by molar-refractivity contribution is 5.88. The fraction of sp³-hybridized carbons (Fsp3) is 0.846. The Morgan fingerprint density at radius 1 is 1.22 bits per heavy atom. The van der Waals surface area contributed by atoms with Gasteiger partial charge in [-0.15, -0.1) is 0 Å². The van der Waals surface area contributed by atoms with Gasteiger partial charge in [-0.2, -0.15) is 0 Å². The maximum absolute atomic E-state index is 12.6. The predicted molar refractivity (Wildman–Crippen MR) is 69.0 cm³/mol. The van der Waals surface area contributed by atoms with Crippen LogP contribution in [-0.2, 0) is 9.59 Å². The van der Waals surface area contributed by atoms with E-state index in [-0.39, 0.29) is 23.8 Å². The number of hydrogen-bond acceptors (Lipinski definition) is 3. The van der Waals surface area contributed by atoms with E-state index < -0.39 is 0 Å². The van der Waals surface area contributed by atoms with Gasteiger partial charge in [0.1, 0.15) is 6.04 Å². The van der Waals surface area contributed by atoms with Crippen LogP contribution < -0.4 is 5.32 Å². The van der Waals surface area contributed by atoms with Crippen LogP contribution in [0, 0.1) is 5.92 Å². The van der Waals surface area contributed by atoms with Crippen LogP contribution in [0.4, 0.5) is 0 Å². The molecule has 0 aliphatic carbocycles. The van der Waals surface area contributed by atoms with Crippen LogP contribution in [0.25, 0.3) is 0 Å². The van der Waals surface area contributed by atoms with Crippen molar-refractivity contribution in [2.24, 2.45) is 5.92 Å². The van der Waals surface area contributed by atoms with Crippen molar-refractivity contribution >= 4 is 11.8 Å². The lowest BCUT2D eigenvalue weighted by atomic mass is 10.0. The van der Waals surface area contributed by atoms with Gasteiger partial charge in [0.2, 0.25) is 11.8 Å². The molecule has 0 aromatic heterocycles. The molecule has 18 heavy (non-hydrogen) atoms. The fourth-order valence-corrected chi connectivity index (χ4v) is 2.81. The average molecular weight is 253 g/mol. The molecular weight excluding hydrogens is 230 g/mol. The SMILES string of the molecule is CC(C)C(C(=O)N1CCNCC1)N1CCCC1=O. The summed E-state index contributed by atoms with van der Waals surface area (Å²) in [4.78, 5) is 28.1. The van der Waals surface area contributed by atoms with Crippen LogP contribution in [-0.4, -0.2) is 60.4 Å². The minimum atomic E-state index is -0.266. The van der Waals surface area contributed by atoms with Gasteiger partial charge < -0.3 is 15.1 Å². The summed E-state index contributed by atoms with van der Waals surface area (Å²) in [5.41, 5.74) is 0. The summed E-state index contributed by atoms with van der Waals surface area (Å²) >= 11 is 0. The van der Waals surface area contributed by atoms with Gasteiger partial charge in [0.15, 0.2) is 0 Å². The van der Waals surface area contributed by atoms with Gasteiger partial charge in [-0.25, -0.2) is 0 Å². The summed E-state index contributed by atoms with van der Waals surface area (Å²) < 4.78 is 0. The number of hydrogen-bond donors (Lipinski definition) is 1. The summed E-state index contributed by atoms with van der Waals surface area (Å²) in [6.45, 7) is 8.00. The summed E-state index contributed by atoms with van der Waals surface area (Å²) in [5, 5.41) is 3.24. The van der Waals surface area contributed by atoms with E-state index in [2.05, 4.69) is 5.32 Å². The lowest BCUT2D eigenvalue weighted by Crippen LogP contribution is -2.56. The number of carbonyl (C=O) groups is 2. The molecular formula is C13H23N3O2. The first-order valence-corrected chi connectivity index (χ1v) is 6.90. The topological polar surface area (TPSA) is 52.7 Å². The van der Waals surface area contributed by atoms with E-state index in [1.165, 1.54) is 0 Å². The van der Waals surface area contributed by atoms with Gasteiger partial charge >= 0.3 is 0 Å². The van der Waals surface area contributed by atoms with Crippen molar-refractivity contribution in [2.75, 3.05) is 32.7 Å². The highest BCUT2D eigenvalue weighted by Crippen LogP contribution is 2.21. The van der Waals surface area contributed by atoms with E-state index in [4.69, 9.17) is 0 Å². The molecule has 2 amide bonds. The maximum Gasteiger partial charge on any atom is 0.245 e. The van der Waals surface area contributed by atoms with Crippen LogP contribution in [0.3, 0.4) is 0 Å². The van der Waals surface area contributed by atoms with Crippen molar-refractivity contribution in [1.29, 1.82) is 0 Å².